The number of piperazine rings is 1. The van der Waals surface area contributed by atoms with E-state index in [1.807, 2.05) is 38.1 Å². The van der Waals surface area contributed by atoms with Gasteiger partial charge in [-0.05, 0) is 43.7 Å². The second kappa shape index (κ2) is 8.71. The van der Waals surface area contributed by atoms with Crippen LogP contribution in [0.5, 0.6) is 11.5 Å². The third-order valence-electron chi connectivity index (χ3n) is 4.81. The van der Waals surface area contributed by atoms with Crippen molar-refractivity contribution in [3.63, 3.8) is 0 Å². The molecule has 0 N–H and O–H groups in total. The predicted molar refractivity (Wildman–Crippen MR) is 114 cm³/mol. The summed E-state index contributed by atoms with van der Waals surface area (Å²) in [6.45, 7) is 6.44. The van der Waals surface area contributed by atoms with Crippen molar-refractivity contribution in [1.82, 2.24) is 4.31 Å². The highest BCUT2D eigenvalue weighted by Gasteiger charge is 2.32. The zero-order valence-electron chi connectivity index (χ0n) is 16.3. The first-order valence-corrected chi connectivity index (χ1v) is 11.4. The number of para-hydroxylation sites is 2. The number of rotatable bonds is 6. The van der Waals surface area contributed by atoms with Crippen LogP contribution in [-0.2, 0) is 10.0 Å². The lowest BCUT2D eigenvalue weighted by atomic mass is 10.2. The molecule has 6 nitrogen and oxygen atoms in total. The Morgan fingerprint density at radius 2 is 1.75 bits per heavy atom. The van der Waals surface area contributed by atoms with E-state index >= 15 is 0 Å². The molecule has 1 aliphatic rings. The van der Waals surface area contributed by atoms with Gasteiger partial charge >= 0.3 is 0 Å². The molecule has 0 saturated carbocycles. The van der Waals surface area contributed by atoms with Gasteiger partial charge in [0.2, 0.25) is 10.0 Å². The summed E-state index contributed by atoms with van der Waals surface area (Å²) in [4.78, 5) is 2.36. The van der Waals surface area contributed by atoms with Crippen LogP contribution in [-0.4, -0.2) is 52.6 Å². The van der Waals surface area contributed by atoms with Gasteiger partial charge in [-0.1, -0.05) is 28.1 Å². The smallest absolute Gasteiger partial charge is 0.246 e. The van der Waals surface area contributed by atoms with Crippen LogP contribution in [0.4, 0.5) is 5.69 Å². The van der Waals surface area contributed by atoms with Crippen LogP contribution in [0.3, 0.4) is 0 Å². The quantitative estimate of drug-likeness (QED) is 0.646. The second-order valence-corrected chi connectivity index (χ2v) is 9.30. The van der Waals surface area contributed by atoms with E-state index in [0.717, 1.165) is 21.5 Å². The Labute approximate surface area is 175 Å². The van der Waals surface area contributed by atoms with Gasteiger partial charge in [0.1, 0.15) is 16.4 Å². The number of methoxy groups -OCH3 is 1. The lowest BCUT2D eigenvalue weighted by Crippen LogP contribution is -2.48. The van der Waals surface area contributed by atoms with Crippen molar-refractivity contribution < 1.29 is 17.9 Å². The zero-order chi connectivity index (χ0) is 20.3. The van der Waals surface area contributed by atoms with Crippen molar-refractivity contribution in [3.8, 4) is 11.5 Å². The number of halogens is 1. The lowest BCUT2D eigenvalue weighted by molar-refractivity contribution is 0.336. The number of hydrogen-bond acceptors (Lipinski definition) is 5. The van der Waals surface area contributed by atoms with Gasteiger partial charge in [-0.2, -0.15) is 4.31 Å². The highest BCUT2D eigenvalue weighted by atomic mass is 79.9. The Bertz CT molecular complexity index is 941. The van der Waals surface area contributed by atoms with Crippen LogP contribution in [0.25, 0.3) is 0 Å². The molecule has 1 aliphatic heterocycles. The fourth-order valence-corrected chi connectivity index (χ4v) is 5.38. The van der Waals surface area contributed by atoms with E-state index in [9.17, 15) is 8.42 Å². The summed E-state index contributed by atoms with van der Waals surface area (Å²) in [5.41, 5.74) is 1.92. The van der Waals surface area contributed by atoms with Crippen LogP contribution in [0.15, 0.2) is 45.8 Å². The van der Waals surface area contributed by atoms with E-state index in [1.165, 1.54) is 11.4 Å². The van der Waals surface area contributed by atoms with E-state index in [1.54, 1.807) is 12.1 Å². The molecule has 0 aromatic heterocycles. The highest BCUT2D eigenvalue weighted by Crippen LogP contribution is 2.34. The third kappa shape index (κ3) is 4.14. The minimum Gasteiger partial charge on any atom is -0.495 e. The fourth-order valence-electron chi connectivity index (χ4n) is 3.30. The summed E-state index contributed by atoms with van der Waals surface area (Å²) in [6, 6.07) is 11.2. The monoisotopic (exact) mass is 468 g/mol. The first-order chi connectivity index (χ1) is 13.4. The highest BCUT2D eigenvalue weighted by molar-refractivity contribution is 9.10. The maximum Gasteiger partial charge on any atom is 0.246 e. The van der Waals surface area contributed by atoms with E-state index in [0.29, 0.717) is 38.5 Å². The summed E-state index contributed by atoms with van der Waals surface area (Å²) < 4.78 is 39.8. The molecule has 8 heteroatoms. The van der Waals surface area contributed by atoms with E-state index in [4.69, 9.17) is 9.47 Å². The Hall–Kier alpha value is -1.77. The molecule has 0 atom stereocenters. The zero-order valence-corrected chi connectivity index (χ0v) is 18.7. The number of ether oxygens (including phenoxy) is 2. The summed E-state index contributed by atoms with van der Waals surface area (Å²) in [5, 5.41) is 0. The van der Waals surface area contributed by atoms with Crippen molar-refractivity contribution in [1.29, 1.82) is 0 Å². The molecule has 0 bridgehead atoms. The molecule has 28 heavy (non-hydrogen) atoms. The SMILES string of the molecule is CCOc1ccccc1N1CCN(S(=O)(=O)c2cc(Br)c(C)cc2OC)CC1. The molecule has 1 saturated heterocycles. The first-order valence-electron chi connectivity index (χ1n) is 9.19. The molecule has 0 unspecified atom stereocenters. The summed E-state index contributed by atoms with van der Waals surface area (Å²) in [6.07, 6.45) is 0. The Morgan fingerprint density at radius 3 is 2.39 bits per heavy atom. The van der Waals surface area contributed by atoms with E-state index < -0.39 is 10.0 Å². The third-order valence-corrected chi connectivity index (χ3v) is 7.58. The molecule has 1 fully saturated rings. The van der Waals surface area contributed by atoms with Crippen LogP contribution in [0, 0.1) is 6.92 Å². The number of anilines is 1. The second-order valence-electron chi connectivity index (χ2n) is 6.54. The number of benzene rings is 2. The van der Waals surface area contributed by atoms with Gasteiger partial charge in [0.05, 0.1) is 19.4 Å². The summed E-state index contributed by atoms with van der Waals surface area (Å²) >= 11 is 3.43. The topological polar surface area (TPSA) is 59.1 Å². The van der Waals surface area contributed by atoms with Gasteiger partial charge in [-0.25, -0.2) is 8.42 Å². The number of aryl methyl sites for hydroxylation is 1. The molecule has 1 heterocycles. The van der Waals surface area contributed by atoms with Gasteiger partial charge in [0.15, 0.2) is 0 Å². The van der Waals surface area contributed by atoms with Crippen molar-refractivity contribution in [2.45, 2.75) is 18.7 Å². The van der Waals surface area contributed by atoms with Gasteiger partial charge in [0.25, 0.3) is 0 Å². The molecule has 3 rings (SSSR count). The maximum absolute atomic E-state index is 13.2. The molecular weight excluding hydrogens is 444 g/mol. The Kier molecular flexibility index (Phi) is 6.52. The molecule has 152 valence electrons. The Balaban J connectivity index is 1.81. The van der Waals surface area contributed by atoms with Crippen LogP contribution < -0.4 is 14.4 Å². The van der Waals surface area contributed by atoms with Gasteiger partial charge in [-0.3, -0.25) is 0 Å². The van der Waals surface area contributed by atoms with Crippen molar-refractivity contribution in [2.75, 3.05) is 44.8 Å². The molecule has 2 aromatic rings. The Morgan fingerprint density at radius 1 is 1.07 bits per heavy atom. The van der Waals surface area contributed by atoms with Gasteiger partial charge < -0.3 is 14.4 Å². The van der Waals surface area contributed by atoms with Crippen molar-refractivity contribution in [2.24, 2.45) is 0 Å². The van der Waals surface area contributed by atoms with E-state index in [-0.39, 0.29) is 4.90 Å². The number of nitrogens with zero attached hydrogens (tertiary/aromatic N) is 2. The normalized spacial score (nSPS) is 15.5. The molecule has 0 amide bonds. The molecular formula is C20H25BrN2O4S. The minimum absolute atomic E-state index is 0.190. The van der Waals surface area contributed by atoms with Crippen LogP contribution >= 0.6 is 15.9 Å². The molecule has 0 spiro atoms. The molecule has 0 radical (unpaired) electrons. The first kappa shape index (κ1) is 21.0. The molecule has 2 aromatic carbocycles. The largest absolute Gasteiger partial charge is 0.495 e. The van der Waals surface area contributed by atoms with Gasteiger partial charge in [0, 0.05) is 30.7 Å². The number of sulfonamides is 1. The van der Waals surface area contributed by atoms with Crippen LogP contribution in [0.2, 0.25) is 0 Å². The molecule has 0 aliphatic carbocycles. The van der Waals surface area contributed by atoms with E-state index in [2.05, 4.69) is 20.8 Å². The lowest BCUT2D eigenvalue weighted by Gasteiger charge is -2.36. The minimum atomic E-state index is -3.65. The summed E-state index contributed by atoms with van der Waals surface area (Å²) in [7, 11) is -2.16. The average molecular weight is 469 g/mol. The maximum atomic E-state index is 13.2. The predicted octanol–water partition coefficient (Wildman–Crippen LogP) is 3.68. The van der Waals surface area contributed by atoms with Crippen molar-refractivity contribution in [3.05, 3.63) is 46.4 Å². The van der Waals surface area contributed by atoms with Crippen LogP contribution in [0.1, 0.15) is 12.5 Å². The standard InChI is InChI=1S/C20H25BrN2O4S/c1-4-27-18-8-6-5-7-17(18)22-9-11-23(12-10-22)28(24,25)20-14-16(21)15(2)13-19(20)26-3/h5-8,13-14H,4,9-12H2,1-3H3. The summed E-state index contributed by atoms with van der Waals surface area (Å²) in [5.74, 6) is 1.19. The number of hydrogen-bond donors (Lipinski definition) is 0. The fraction of sp³-hybridized carbons (Fsp3) is 0.400. The van der Waals surface area contributed by atoms with Gasteiger partial charge in [-0.15, -0.1) is 0 Å². The average Bonchev–Trinajstić information content (AvgIpc) is 2.70. The van der Waals surface area contributed by atoms with Crippen molar-refractivity contribution >= 4 is 31.6 Å².